The number of fused-ring (bicyclic) bond motifs is 1. The molecule has 2 aromatic rings. The maximum atomic E-state index is 13.7. The first-order chi connectivity index (χ1) is 16.8. The van der Waals surface area contributed by atoms with Gasteiger partial charge in [0.2, 0.25) is 15.9 Å². The molecule has 1 aromatic carbocycles. The molecule has 2 saturated carbocycles. The smallest absolute Gasteiger partial charge is 0.248 e. The van der Waals surface area contributed by atoms with Crippen molar-refractivity contribution in [2.24, 2.45) is 17.8 Å². The van der Waals surface area contributed by atoms with Gasteiger partial charge in [0.25, 0.3) is 0 Å². The lowest BCUT2D eigenvalue weighted by Gasteiger charge is -2.30. The fourth-order valence-corrected chi connectivity index (χ4v) is 7.31. The lowest BCUT2D eigenvalue weighted by atomic mass is 9.86. The summed E-state index contributed by atoms with van der Waals surface area (Å²) in [6, 6.07) is 5.10. The molecule has 0 spiro atoms. The van der Waals surface area contributed by atoms with E-state index in [1.807, 2.05) is 6.07 Å². The minimum absolute atomic E-state index is 0.0827. The number of Topliss-reactive ketones (excluding diaryl/α,β-unsaturated/α-hetero) is 1. The quantitative estimate of drug-likeness (QED) is 0.480. The largest absolute Gasteiger partial charge is 0.327 e. The summed E-state index contributed by atoms with van der Waals surface area (Å²) in [5.41, 5.74) is 1.17. The van der Waals surface area contributed by atoms with Gasteiger partial charge < -0.3 is 4.57 Å². The van der Waals surface area contributed by atoms with Gasteiger partial charge in [-0.2, -0.15) is 4.31 Å². The lowest BCUT2D eigenvalue weighted by Crippen LogP contribution is -2.29. The van der Waals surface area contributed by atoms with E-state index in [0.29, 0.717) is 50.8 Å². The van der Waals surface area contributed by atoms with E-state index in [2.05, 4.69) is 25.3 Å². The van der Waals surface area contributed by atoms with E-state index in [4.69, 9.17) is 4.98 Å². The number of sulfonamides is 1. The van der Waals surface area contributed by atoms with Gasteiger partial charge in [-0.05, 0) is 62.1 Å². The first-order valence-corrected chi connectivity index (χ1v) is 14.7. The highest BCUT2D eigenvalue weighted by atomic mass is 32.2. The Morgan fingerprint density at radius 3 is 2.42 bits per heavy atom. The zero-order valence-corrected chi connectivity index (χ0v) is 22.3. The molecule has 9 heteroatoms. The number of carbonyl (C=O) groups is 1. The van der Waals surface area contributed by atoms with Crippen LogP contribution >= 0.6 is 0 Å². The highest BCUT2D eigenvalue weighted by molar-refractivity contribution is 7.89. The van der Waals surface area contributed by atoms with E-state index < -0.39 is 15.9 Å². The maximum absolute atomic E-state index is 13.7. The van der Waals surface area contributed by atoms with Gasteiger partial charge in [-0.25, -0.2) is 22.2 Å². The molecule has 1 saturated heterocycles. The zero-order valence-electron chi connectivity index (χ0n) is 21.5. The van der Waals surface area contributed by atoms with Crippen LogP contribution in [0, 0.1) is 17.8 Å². The Hall–Kier alpha value is -1.87. The lowest BCUT2D eigenvalue weighted by molar-refractivity contribution is -0.121. The molecular formula is C27H37F2N3O3S. The molecule has 0 amide bonds. The van der Waals surface area contributed by atoms with Gasteiger partial charge in [-0.15, -0.1) is 0 Å². The molecule has 0 unspecified atom stereocenters. The van der Waals surface area contributed by atoms with Crippen molar-refractivity contribution in [1.29, 1.82) is 0 Å². The van der Waals surface area contributed by atoms with E-state index in [1.165, 1.54) is 4.31 Å². The standard InChI is InChI=1S/C27H37F2N3O3S/c1-26(2,3)25-30-22-15-21(6-7-23(22)32(25)17-18-8-11-27(28,29)12-9-18)36(34,35)31-13-10-19(16-31)14-24(33)20-4-5-20/h6-7,15,18-20H,4-5,8-14,16-17H2,1-3H3/t19-/m1/s1. The molecule has 5 rings (SSSR count). The molecule has 1 aromatic heterocycles. The predicted molar refractivity (Wildman–Crippen MR) is 135 cm³/mol. The number of rotatable bonds is 7. The molecule has 1 aliphatic heterocycles. The average Bonchev–Trinajstić information content (AvgIpc) is 3.44. The van der Waals surface area contributed by atoms with Crippen molar-refractivity contribution in [3.63, 3.8) is 0 Å². The van der Waals surface area contributed by atoms with Crippen LogP contribution in [-0.4, -0.2) is 47.1 Å². The maximum Gasteiger partial charge on any atom is 0.248 e. The van der Waals surface area contributed by atoms with Crippen molar-refractivity contribution >= 4 is 26.8 Å². The summed E-state index contributed by atoms with van der Waals surface area (Å²) in [7, 11) is -3.69. The molecule has 3 aliphatic rings. The van der Waals surface area contributed by atoms with Gasteiger partial charge in [0.15, 0.2) is 0 Å². The van der Waals surface area contributed by atoms with Crippen LogP contribution in [0.3, 0.4) is 0 Å². The molecule has 0 radical (unpaired) electrons. The third-order valence-electron chi connectivity index (χ3n) is 8.08. The van der Waals surface area contributed by atoms with Crippen LogP contribution in [0.2, 0.25) is 0 Å². The summed E-state index contributed by atoms with van der Waals surface area (Å²) >= 11 is 0. The second-order valence-electron chi connectivity index (χ2n) is 12.2. The van der Waals surface area contributed by atoms with Crippen molar-refractivity contribution in [3.05, 3.63) is 24.0 Å². The molecule has 0 bridgehead atoms. The second-order valence-corrected chi connectivity index (χ2v) is 14.1. The van der Waals surface area contributed by atoms with Gasteiger partial charge >= 0.3 is 0 Å². The number of carbonyl (C=O) groups excluding carboxylic acids is 1. The Balaban J connectivity index is 1.38. The van der Waals surface area contributed by atoms with E-state index in [-0.39, 0.29) is 46.7 Å². The zero-order chi connectivity index (χ0) is 25.9. The Morgan fingerprint density at radius 2 is 1.78 bits per heavy atom. The van der Waals surface area contributed by atoms with Crippen molar-refractivity contribution in [2.75, 3.05) is 13.1 Å². The van der Waals surface area contributed by atoms with E-state index in [0.717, 1.165) is 24.2 Å². The third-order valence-corrected chi connectivity index (χ3v) is 9.94. The monoisotopic (exact) mass is 521 g/mol. The van der Waals surface area contributed by atoms with Crippen LogP contribution < -0.4 is 0 Å². The van der Waals surface area contributed by atoms with Crippen molar-refractivity contribution in [2.45, 2.75) is 94.9 Å². The van der Waals surface area contributed by atoms with Crippen LogP contribution in [0.15, 0.2) is 23.1 Å². The molecule has 2 heterocycles. The van der Waals surface area contributed by atoms with Crippen LogP contribution in [0.5, 0.6) is 0 Å². The predicted octanol–water partition coefficient (Wildman–Crippen LogP) is 5.54. The summed E-state index contributed by atoms with van der Waals surface area (Å²) in [6.45, 7) is 7.60. The molecule has 2 aliphatic carbocycles. The Bertz CT molecular complexity index is 1250. The highest BCUT2D eigenvalue weighted by Crippen LogP contribution is 2.39. The number of benzene rings is 1. The number of hydrogen-bond acceptors (Lipinski definition) is 4. The summed E-state index contributed by atoms with van der Waals surface area (Å²) in [5, 5.41) is 0. The molecule has 0 N–H and O–H groups in total. The van der Waals surface area contributed by atoms with Gasteiger partial charge in [-0.1, -0.05) is 20.8 Å². The third kappa shape index (κ3) is 5.23. The minimum atomic E-state index is -3.69. The van der Waals surface area contributed by atoms with Crippen LogP contribution in [0.1, 0.15) is 78.0 Å². The number of nitrogens with zero attached hydrogens (tertiary/aromatic N) is 3. The van der Waals surface area contributed by atoms with Crippen LogP contribution in [0.4, 0.5) is 8.78 Å². The molecule has 198 valence electrons. The van der Waals surface area contributed by atoms with E-state index in [1.54, 1.807) is 12.1 Å². The summed E-state index contributed by atoms with van der Waals surface area (Å²) in [6.07, 6.45) is 3.92. The normalized spacial score (nSPS) is 24.0. The van der Waals surface area contributed by atoms with Gasteiger partial charge in [0, 0.05) is 50.2 Å². The Kier molecular flexibility index (Phi) is 6.55. The van der Waals surface area contributed by atoms with Crippen molar-refractivity contribution in [3.8, 4) is 0 Å². The SMILES string of the molecule is CC(C)(C)c1nc2cc(S(=O)(=O)N3CC[C@H](CC(=O)C4CC4)C3)ccc2n1CC1CCC(F)(F)CC1. The fraction of sp³-hybridized carbons (Fsp3) is 0.704. The number of ketones is 1. The fourth-order valence-electron chi connectivity index (χ4n) is 5.76. The first-order valence-electron chi connectivity index (χ1n) is 13.2. The topological polar surface area (TPSA) is 72.3 Å². The molecule has 1 atom stereocenters. The number of alkyl halides is 2. The molecule has 36 heavy (non-hydrogen) atoms. The summed E-state index contributed by atoms with van der Waals surface area (Å²) < 4.78 is 57.9. The van der Waals surface area contributed by atoms with Gasteiger partial charge in [0.05, 0.1) is 15.9 Å². The Morgan fingerprint density at radius 1 is 1.08 bits per heavy atom. The highest BCUT2D eigenvalue weighted by Gasteiger charge is 2.38. The number of halogens is 2. The number of hydrogen-bond donors (Lipinski definition) is 0. The van der Waals surface area contributed by atoms with E-state index >= 15 is 0 Å². The first kappa shape index (κ1) is 25.8. The average molecular weight is 522 g/mol. The molecule has 3 fully saturated rings. The minimum Gasteiger partial charge on any atom is -0.327 e. The Labute approximate surface area is 212 Å². The summed E-state index contributed by atoms with van der Waals surface area (Å²) in [5.74, 6) is -1.01. The van der Waals surface area contributed by atoms with Crippen LogP contribution in [0.25, 0.3) is 11.0 Å². The van der Waals surface area contributed by atoms with Crippen LogP contribution in [-0.2, 0) is 26.8 Å². The van der Waals surface area contributed by atoms with Gasteiger partial charge in [-0.3, -0.25) is 4.79 Å². The van der Waals surface area contributed by atoms with Gasteiger partial charge in [0.1, 0.15) is 11.6 Å². The molecular weight excluding hydrogens is 484 g/mol. The van der Waals surface area contributed by atoms with Crippen molar-refractivity contribution in [1.82, 2.24) is 13.9 Å². The van der Waals surface area contributed by atoms with Crippen molar-refractivity contribution < 1.29 is 22.0 Å². The van der Waals surface area contributed by atoms with E-state index in [9.17, 15) is 22.0 Å². The molecule has 6 nitrogen and oxygen atoms in total. The number of aromatic nitrogens is 2. The number of imidazole rings is 1. The summed E-state index contributed by atoms with van der Waals surface area (Å²) in [4.78, 5) is 17.3. The second kappa shape index (κ2) is 9.15.